The van der Waals surface area contributed by atoms with Crippen LogP contribution in [0, 0.1) is 0 Å². The number of halogens is 1. The van der Waals surface area contributed by atoms with Gasteiger partial charge in [-0.25, -0.2) is 9.37 Å². The van der Waals surface area contributed by atoms with Crippen LogP contribution in [-0.4, -0.2) is 31.1 Å². The van der Waals surface area contributed by atoms with E-state index in [0.717, 1.165) is 0 Å². The van der Waals surface area contributed by atoms with Gasteiger partial charge in [-0.1, -0.05) is 0 Å². The Labute approximate surface area is 135 Å². The summed E-state index contributed by atoms with van der Waals surface area (Å²) in [5.41, 5.74) is 1.74. The third-order valence-electron chi connectivity index (χ3n) is 3.98. The topological polar surface area (TPSA) is 77.7 Å². The molecule has 3 heterocycles. The van der Waals surface area contributed by atoms with E-state index in [1.54, 1.807) is 18.3 Å². The number of allylic oxidation sites excluding steroid dienone is 2. The molecule has 0 radical (unpaired) electrons. The molecule has 0 atom stereocenters. The van der Waals surface area contributed by atoms with E-state index in [4.69, 9.17) is 0 Å². The van der Waals surface area contributed by atoms with E-state index in [0.29, 0.717) is 22.3 Å². The second-order valence-corrected chi connectivity index (χ2v) is 5.37. The van der Waals surface area contributed by atoms with Crippen LogP contribution in [0.3, 0.4) is 0 Å². The van der Waals surface area contributed by atoms with Crippen molar-refractivity contribution in [2.24, 2.45) is 0 Å². The van der Waals surface area contributed by atoms with Crippen LogP contribution in [-0.2, 0) is 16.4 Å². The Morgan fingerprint density at radius 2 is 1.92 bits per heavy atom. The van der Waals surface area contributed by atoms with Crippen LogP contribution in [0.1, 0.15) is 17.7 Å². The van der Waals surface area contributed by atoms with Crippen molar-refractivity contribution in [1.29, 1.82) is 0 Å². The number of carbonyl (C=O) groups excluding carboxylic acids is 2. The van der Waals surface area contributed by atoms with Gasteiger partial charge in [0.05, 0.1) is 23.9 Å². The molecule has 0 spiro atoms. The predicted molar refractivity (Wildman–Crippen MR) is 84.3 cm³/mol. The van der Waals surface area contributed by atoms with E-state index in [9.17, 15) is 14.0 Å². The monoisotopic (exact) mass is 321 g/mol. The van der Waals surface area contributed by atoms with Crippen molar-refractivity contribution in [2.75, 3.05) is 0 Å². The van der Waals surface area contributed by atoms with Crippen molar-refractivity contribution >= 4 is 33.7 Å². The summed E-state index contributed by atoms with van der Waals surface area (Å²) in [6, 6.07) is 3.46. The van der Waals surface area contributed by atoms with Crippen LogP contribution in [0.5, 0.6) is 0 Å². The molecule has 0 unspecified atom stereocenters. The highest BCUT2D eigenvalue weighted by atomic mass is 18.2. The van der Waals surface area contributed by atoms with Crippen LogP contribution < -0.4 is 0 Å². The highest BCUT2D eigenvalue weighted by Gasteiger charge is 2.34. The fourth-order valence-electron chi connectivity index (χ4n) is 3.00. The second kappa shape index (κ2) is 5.45. The molecule has 0 saturated heterocycles. The summed E-state index contributed by atoms with van der Waals surface area (Å²) < 4.78 is 14.6. The number of Topliss-reactive ketones (excluding diaryl/α,β-unsaturated/α-hetero) is 2. The van der Waals surface area contributed by atoms with E-state index in [1.807, 2.05) is 0 Å². The SMILES string of the molecule is O=C1CC(=O)C(c2cn(C[18F])c3ncccc23)=C1c1cnccn1. The zero-order chi connectivity index (χ0) is 16.7. The molecule has 4 rings (SSSR count). The first kappa shape index (κ1) is 14.4. The third-order valence-corrected chi connectivity index (χ3v) is 3.98. The van der Waals surface area contributed by atoms with Crippen molar-refractivity contribution in [1.82, 2.24) is 19.5 Å². The molecule has 0 amide bonds. The molecule has 0 saturated carbocycles. The van der Waals surface area contributed by atoms with Crippen LogP contribution >= 0.6 is 0 Å². The smallest absolute Gasteiger partial charge is 0.173 e. The van der Waals surface area contributed by atoms with Gasteiger partial charge in [0.15, 0.2) is 18.4 Å². The summed E-state index contributed by atoms with van der Waals surface area (Å²) in [6.45, 7) is -0.774. The average molecular weight is 321 g/mol. The van der Waals surface area contributed by atoms with E-state index in [2.05, 4.69) is 15.0 Å². The largest absolute Gasteiger partial charge is 0.303 e. The molecule has 3 aromatic rings. The molecule has 0 aliphatic heterocycles. The van der Waals surface area contributed by atoms with Crippen LogP contribution in [0.4, 0.5) is 4.39 Å². The number of rotatable bonds is 3. The Balaban J connectivity index is 2.05. The number of carbonyl (C=O) groups is 2. The number of hydrogen-bond acceptors (Lipinski definition) is 5. The van der Waals surface area contributed by atoms with Crippen molar-refractivity contribution < 1.29 is 14.0 Å². The Hall–Kier alpha value is -3.22. The van der Waals surface area contributed by atoms with Crippen molar-refractivity contribution in [2.45, 2.75) is 13.2 Å². The summed E-state index contributed by atoms with van der Waals surface area (Å²) >= 11 is 0. The van der Waals surface area contributed by atoms with E-state index in [1.165, 1.54) is 29.4 Å². The lowest BCUT2D eigenvalue weighted by Crippen LogP contribution is -1.99. The Bertz CT molecular complexity index is 1010. The molecular formula is C17H11FN4O2. The molecule has 1 aliphatic rings. The number of hydrogen-bond donors (Lipinski definition) is 0. The Morgan fingerprint density at radius 1 is 1.08 bits per heavy atom. The minimum atomic E-state index is -0.774. The molecule has 118 valence electrons. The van der Waals surface area contributed by atoms with E-state index >= 15 is 0 Å². The Morgan fingerprint density at radius 3 is 2.67 bits per heavy atom. The second-order valence-electron chi connectivity index (χ2n) is 5.37. The number of alkyl halides is 1. The van der Waals surface area contributed by atoms with Gasteiger partial charge in [-0.2, -0.15) is 0 Å². The van der Waals surface area contributed by atoms with Gasteiger partial charge in [0.2, 0.25) is 0 Å². The fourth-order valence-corrected chi connectivity index (χ4v) is 3.00. The number of fused-ring (bicyclic) bond motifs is 1. The van der Waals surface area contributed by atoms with Crippen LogP contribution in [0.2, 0.25) is 0 Å². The maximum Gasteiger partial charge on any atom is 0.173 e. The zero-order valence-corrected chi connectivity index (χ0v) is 12.4. The summed E-state index contributed by atoms with van der Waals surface area (Å²) in [7, 11) is 0. The van der Waals surface area contributed by atoms with Gasteiger partial charge < -0.3 is 4.57 Å². The minimum Gasteiger partial charge on any atom is -0.303 e. The molecule has 1 aliphatic carbocycles. The predicted octanol–water partition coefficient (Wildman–Crippen LogP) is 2.21. The summed E-state index contributed by atoms with van der Waals surface area (Å²) in [4.78, 5) is 37.1. The minimum absolute atomic E-state index is 0.218. The first-order valence-corrected chi connectivity index (χ1v) is 7.28. The Kier molecular flexibility index (Phi) is 3.26. The molecule has 7 heteroatoms. The quantitative estimate of drug-likeness (QED) is 0.691. The van der Waals surface area contributed by atoms with Gasteiger partial charge in [0.1, 0.15) is 5.65 Å². The highest BCUT2D eigenvalue weighted by molar-refractivity contribution is 6.51. The zero-order valence-electron chi connectivity index (χ0n) is 12.4. The van der Waals surface area contributed by atoms with Gasteiger partial charge in [0.25, 0.3) is 0 Å². The van der Waals surface area contributed by atoms with Gasteiger partial charge in [0, 0.05) is 41.3 Å². The van der Waals surface area contributed by atoms with Crippen LogP contribution in [0.15, 0.2) is 43.1 Å². The van der Waals surface area contributed by atoms with E-state index in [-0.39, 0.29) is 29.1 Å². The molecule has 0 aromatic carbocycles. The summed E-state index contributed by atoms with van der Waals surface area (Å²) in [5.74, 6) is -0.608. The summed E-state index contributed by atoms with van der Waals surface area (Å²) in [6.07, 6.45) is 7.24. The lowest BCUT2D eigenvalue weighted by Gasteiger charge is -2.03. The van der Waals surface area contributed by atoms with Gasteiger partial charge in [-0.15, -0.1) is 0 Å². The standard InChI is InChI=1S/C17H11FN4O2/c18-9-22-8-11(10-2-1-3-21-17(10)22)15-13(23)6-14(24)16(15)12-7-19-4-5-20-12/h1-5,7-8H,6,9H2/i18-1. The molecule has 24 heavy (non-hydrogen) atoms. The molecule has 6 nitrogen and oxygen atoms in total. The average Bonchev–Trinajstić information content (AvgIpc) is 3.12. The number of aromatic nitrogens is 4. The molecule has 0 N–H and O–H groups in total. The first-order chi connectivity index (χ1) is 11.7. The number of ketones is 2. The fraction of sp³-hybridized carbons (Fsp3) is 0.118. The lowest BCUT2D eigenvalue weighted by molar-refractivity contribution is -0.119. The van der Waals surface area contributed by atoms with Crippen molar-refractivity contribution in [3.8, 4) is 0 Å². The molecule has 0 fully saturated rings. The number of pyridine rings is 1. The number of nitrogens with zero attached hydrogens (tertiary/aromatic N) is 4. The van der Waals surface area contributed by atoms with Crippen molar-refractivity contribution in [3.63, 3.8) is 0 Å². The molecular weight excluding hydrogens is 310 g/mol. The van der Waals surface area contributed by atoms with Gasteiger partial charge in [-0.3, -0.25) is 19.6 Å². The maximum absolute atomic E-state index is 13.3. The molecule has 3 aromatic heterocycles. The van der Waals surface area contributed by atoms with E-state index < -0.39 is 6.80 Å². The normalized spacial score (nSPS) is 14.9. The van der Waals surface area contributed by atoms with Crippen LogP contribution in [0.25, 0.3) is 22.2 Å². The van der Waals surface area contributed by atoms with Gasteiger partial charge in [-0.05, 0) is 12.1 Å². The lowest BCUT2D eigenvalue weighted by atomic mass is 10.00. The van der Waals surface area contributed by atoms with Crippen molar-refractivity contribution in [3.05, 3.63) is 54.4 Å². The third kappa shape index (κ3) is 2.05. The maximum atomic E-state index is 13.3. The summed E-state index contributed by atoms with van der Waals surface area (Å²) in [5, 5.41) is 0.620. The first-order valence-electron chi connectivity index (χ1n) is 7.28. The van der Waals surface area contributed by atoms with Gasteiger partial charge >= 0.3 is 0 Å². The highest BCUT2D eigenvalue weighted by Crippen LogP contribution is 2.37. The molecule has 0 bridgehead atoms.